The second kappa shape index (κ2) is 11.8. The summed E-state index contributed by atoms with van der Waals surface area (Å²) in [6.45, 7) is 2.02. The lowest BCUT2D eigenvalue weighted by Crippen LogP contribution is -2.47. The largest absolute Gasteiger partial charge is 0.417 e. The van der Waals surface area contributed by atoms with Crippen molar-refractivity contribution in [3.63, 3.8) is 0 Å². The number of aliphatic imine (C=N–C) groups is 1. The van der Waals surface area contributed by atoms with Gasteiger partial charge in [-0.15, -0.1) is 0 Å². The zero-order valence-electron chi connectivity index (χ0n) is 22.1. The van der Waals surface area contributed by atoms with Crippen LogP contribution in [0.25, 0.3) is 0 Å². The van der Waals surface area contributed by atoms with Gasteiger partial charge in [0, 0.05) is 23.8 Å². The standard InChI is InChI=1S/C25H29F6N5O4S/c1-11(22(38)35-17-9-40-10-18(17)37)33-20(23(39)36-13-3-4-14(36)6-5-13)21(41)15-8-32-19(7-16(15)25(29,30)31)34-12(2)24(26,27)28/h7-8,12-14,17-18,20,37H,3-6,9-10H2,1-2H3,(H,32,34)(H,35,38)/b33-11+/t12-,13?,14?,17-,18+,20?/m0/s1. The normalized spacial score (nSPS) is 26.2. The van der Waals surface area contributed by atoms with Gasteiger partial charge in [-0.1, -0.05) is 12.2 Å². The molecule has 41 heavy (non-hydrogen) atoms. The summed E-state index contributed by atoms with van der Waals surface area (Å²) >= 11 is 5.38. The molecule has 1 aromatic heterocycles. The smallest absolute Gasteiger partial charge is 0.388 e. The Bertz CT molecular complexity index is 1210. The number of pyridine rings is 1. The minimum Gasteiger partial charge on any atom is -0.388 e. The van der Waals surface area contributed by atoms with E-state index in [9.17, 15) is 41.0 Å². The fourth-order valence-electron chi connectivity index (χ4n) is 5.26. The summed E-state index contributed by atoms with van der Waals surface area (Å²) in [5.74, 6) is -2.14. The summed E-state index contributed by atoms with van der Waals surface area (Å²) in [5.41, 5.74) is -2.38. The summed E-state index contributed by atoms with van der Waals surface area (Å²) in [6, 6.07) is -4.52. The molecule has 0 aliphatic carbocycles. The number of aromatic nitrogens is 1. The van der Waals surface area contributed by atoms with Crippen molar-refractivity contribution in [3.05, 3.63) is 23.4 Å². The summed E-state index contributed by atoms with van der Waals surface area (Å²) in [5, 5.41) is 14.3. The van der Waals surface area contributed by atoms with Crippen molar-refractivity contribution in [3.8, 4) is 0 Å². The number of carbonyl (C=O) groups excluding carboxylic acids is 2. The highest BCUT2D eigenvalue weighted by atomic mass is 32.1. The highest BCUT2D eigenvalue weighted by Gasteiger charge is 2.46. The topological polar surface area (TPSA) is 116 Å². The molecule has 0 aromatic carbocycles. The Labute approximate surface area is 236 Å². The quantitative estimate of drug-likeness (QED) is 0.180. The van der Waals surface area contributed by atoms with E-state index < -0.39 is 70.2 Å². The number of hydrogen-bond acceptors (Lipinski definition) is 8. The molecule has 16 heteroatoms. The molecule has 4 rings (SSSR count). The molecule has 3 aliphatic rings. The van der Waals surface area contributed by atoms with E-state index in [2.05, 4.69) is 15.3 Å². The zero-order valence-corrected chi connectivity index (χ0v) is 22.9. The van der Waals surface area contributed by atoms with Crippen molar-refractivity contribution in [2.45, 2.75) is 88.2 Å². The van der Waals surface area contributed by atoms with Gasteiger partial charge in [0.05, 0.1) is 41.5 Å². The summed E-state index contributed by atoms with van der Waals surface area (Å²) in [6.07, 6.45) is -7.27. The summed E-state index contributed by atoms with van der Waals surface area (Å²) in [7, 11) is 0. The number of carbonyl (C=O) groups is 2. The molecule has 3 N–H and O–H groups in total. The molecule has 9 nitrogen and oxygen atoms in total. The number of aliphatic hydroxyl groups excluding tert-OH is 1. The Hall–Kier alpha value is -2.85. The summed E-state index contributed by atoms with van der Waals surface area (Å²) in [4.78, 5) is 35.4. The Kier molecular flexibility index (Phi) is 8.95. The Morgan fingerprint density at radius 1 is 1.15 bits per heavy atom. The van der Waals surface area contributed by atoms with Crippen LogP contribution in [0, 0.1) is 0 Å². The Balaban J connectivity index is 1.69. The van der Waals surface area contributed by atoms with Gasteiger partial charge in [0.2, 0.25) is 0 Å². The van der Waals surface area contributed by atoms with Crippen LogP contribution in [0.3, 0.4) is 0 Å². The van der Waals surface area contributed by atoms with Crippen LogP contribution in [-0.4, -0.2) is 93.1 Å². The third-order valence-electron chi connectivity index (χ3n) is 7.54. The van der Waals surface area contributed by atoms with Crippen molar-refractivity contribution < 1.29 is 45.8 Å². The van der Waals surface area contributed by atoms with Crippen LogP contribution < -0.4 is 10.6 Å². The minimum atomic E-state index is -5.07. The second-order valence-corrected chi connectivity index (χ2v) is 10.8. The molecule has 3 fully saturated rings. The molecule has 2 bridgehead atoms. The van der Waals surface area contributed by atoms with Crippen LogP contribution in [0.4, 0.5) is 32.2 Å². The first kappa shape index (κ1) is 31.1. The molecule has 0 radical (unpaired) electrons. The molecule has 3 saturated heterocycles. The molecule has 0 saturated carbocycles. The SMILES string of the molecule is C/C(=N\C(C(=O)N1C2CCC1CC2)C(=S)c1cnc(N[C@@H](C)C(F)(F)F)cc1C(F)(F)F)C(=O)N[C@H]1COC[C@H]1O. The number of alkyl halides is 6. The van der Waals surface area contributed by atoms with Crippen molar-refractivity contribution in [1.82, 2.24) is 15.2 Å². The van der Waals surface area contributed by atoms with E-state index in [-0.39, 0.29) is 31.0 Å². The number of ether oxygens (including phenoxy) is 1. The predicted molar refractivity (Wildman–Crippen MR) is 139 cm³/mol. The van der Waals surface area contributed by atoms with E-state index in [4.69, 9.17) is 17.0 Å². The van der Waals surface area contributed by atoms with E-state index in [0.29, 0.717) is 37.9 Å². The average Bonchev–Trinajstić information content (AvgIpc) is 3.61. The first-order chi connectivity index (χ1) is 19.1. The number of nitrogens with zero attached hydrogens (tertiary/aromatic N) is 3. The van der Waals surface area contributed by atoms with Gasteiger partial charge in [-0.05, 0) is 45.6 Å². The lowest BCUT2D eigenvalue weighted by atomic mass is 10.00. The zero-order chi connectivity index (χ0) is 30.3. The first-order valence-corrected chi connectivity index (χ1v) is 13.4. The van der Waals surface area contributed by atoms with Crippen molar-refractivity contribution >= 4 is 40.4 Å². The average molecular weight is 610 g/mol. The van der Waals surface area contributed by atoms with Crippen LogP contribution in [0.2, 0.25) is 0 Å². The van der Waals surface area contributed by atoms with Crippen LogP contribution in [0.15, 0.2) is 17.3 Å². The number of amides is 2. The van der Waals surface area contributed by atoms with E-state index in [1.807, 2.05) is 5.32 Å². The molecule has 1 aromatic rings. The number of thiocarbonyl (C=S) groups is 1. The van der Waals surface area contributed by atoms with E-state index >= 15 is 0 Å². The monoisotopic (exact) mass is 609 g/mol. The van der Waals surface area contributed by atoms with Crippen molar-refractivity contribution in [1.29, 1.82) is 0 Å². The third-order valence-corrected chi connectivity index (χ3v) is 7.98. The number of fused-ring (bicyclic) bond motifs is 2. The Morgan fingerprint density at radius 2 is 1.76 bits per heavy atom. The van der Waals surface area contributed by atoms with Crippen molar-refractivity contribution in [2.75, 3.05) is 18.5 Å². The molecule has 2 amide bonds. The van der Waals surface area contributed by atoms with Crippen LogP contribution in [0.5, 0.6) is 0 Å². The molecule has 3 aliphatic heterocycles. The van der Waals surface area contributed by atoms with Gasteiger partial charge in [-0.2, -0.15) is 26.3 Å². The maximum absolute atomic E-state index is 14.1. The maximum Gasteiger partial charge on any atom is 0.417 e. The van der Waals surface area contributed by atoms with E-state index in [0.717, 1.165) is 6.92 Å². The molecule has 0 spiro atoms. The predicted octanol–water partition coefficient (Wildman–Crippen LogP) is 3.04. The fraction of sp³-hybridized carbons (Fsp3) is 0.640. The lowest BCUT2D eigenvalue weighted by molar-refractivity contribution is -0.138. The highest BCUT2D eigenvalue weighted by molar-refractivity contribution is 7.81. The second-order valence-electron chi connectivity index (χ2n) is 10.4. The number of rotatable bonds is 8. The minimum absolute atomic E-state index is 0.00386. The van der Waals surface area contributed by atoms with Gasteiger partial charge in [0.15, 0.2) is 6.04 Å². The highest BCUT2D eigenvalue weighted by Crippen LogP contribution is 2.39. The summed E-state index contributed by atoms with van der Waals surface area (Å²) < 4.78 is 86.5. The Morgan fingerprint density at radius 3 is 2.27 bits per heavy atom. The van der Waals surface area contributed by atoms with Gasteiger partial charge in [0.25, 0.3) is 11.8 Å². The van der Waals surface area contributed by atoms with Crippen molar-refractivity contribution in [2.24, 2.45) is 4.99 Å². The van der Waals surface area contributed by atoms with Gasteiger partial charge in [-0.25, -0.2) is 4.98 Å². The van der Waals surface area contributed by atoms with Gasteiger partial charge in [0.1, 0.15) is 11.9 Å². The number of nitrogens with one attached hydrogen (secondary N) is 2. The van der Waals surface area contributed by atoms with E-state index in [1.54, 1.807) is 4.90 Å². The number of anilines is 1. The molecular weight excluding hydrogens is 580 g/mol. The lowest BCUT2D eigenvalue weighted by Gasteiger charge is -2.27. The first-order valence-electron chi connectivity index (χ1n) is 13.0. The molecule has 4 atom stereocenters. The van der Waals surface area contributed by atoms with Crippen LogP contribution >= 0.6 is 12.2 Å². The molecule has 4 heterocycles. The number of aliphatic hydroxyl groups is 1. The van der Waals surface area contributed by atoms with E-state index in [1.165, 1.54) is 6.92 Å². The maximum atomic E-state index is 14.1. The van der Waals surface area contributed by atoms with Gasteiger partial charge >= 0.3 is 12.4 Å². The fourth-order valence-corrected chi connectivity index (χ4v) is 5.58. The van der Waals surface area contributed by atoms with Crippen LogP contribution in [-0.2, 0) is 20.5 Å². The molecule has 226 valence electrons. The third kappa shape index (κ3) is 6.80. The van der Waals surface area contributed by atoms with Gasteiger partial charge < -0.3 is 25.4 Å². The molecule has 1 unspecified atom stereocenters. The number of halogens is 6. The van der Waals surface area contributed by atoms with Crippen LogP contribution in [0.1, 0.15) is 50.7 Å². The molecular formula is C25H29F6N5O4S. The van der Waals surface area contributed by atoms with Gasteiger partial charge in [-0.3, -0.25) is 14.6 Å². The number of hydrogen-bond donors (Lipinski definition) is 3.